The highest BCUT2D eigenvalue weighted by molar-refractivity contribution is 6.16. The van der Waals surface area contributed by atoms with Crippen LogP contribution in [0.3, 0.4) is 0 Å². The van der Waals surface area contributed by atoms with Crippen LogP contribution in [-0.4, -0.2) is 38.7 Å². The molecule has 5 nitrogen and oxygen atoms in total. The number of rotatable bonds is 6. The fourth-order valence-electron chi connectivity index (χ4n) is 2.21. The van der Waals surface area contributed by atoms with Crippen molar-refractivity contribution in [2.45, 2.75) is 31.9 Å². The number of fused-ring (bicyclic) bond motifs is 1. The molecule has 0 radical (unpaired) electrons. The molecule has 0 fully saturated rings. The molecule has 2 heterocycles. The van der Waals surface area contributed by atoms with Crippen LogP contribution in [0.25, 0.3) is 11.2 Å². The van der Waals surface area contributed by atoms with E-state index in [1.807, 2.05) is 6.92 Å². The molecule has 0 saturated heterocycles. The van der Waals surface area contributed by atoms with Crippen LogP contribution in [-0.2, 0) is 30.6 Å². The van der Waals surface area contributed by atoms with Gasteiger partial charge in [-0.05, 0) is 6.42 Å². The van der Waals surface area contributed by atoms with Gasteiger partial charge in [0, 0.05) is 13.6 Å². The second-order valence-corrected chi connectivity index (χ2v) is 4.84. The van der Waals surface area contributed by atoms with Gasteiger partial charge in [-0.2, -0.15) is 18.3 Å². The lowest BCUT2D eigenvalue weighted by Gasteiger charge is -2.10. The number of aromatic nitrogens is 4. The average Bonchev–Trinajstić information content (AvgIpc) is 2.91. The minimum Gasteiger partial charge on any atom is -0.370 e. The molecule has 0 N–H and O–H groups in total. The lowest BCUT2D eigenvalue weighted by Crippen LogP contribution is -2.19. The van der Waals surface area contributed by atoms with E-state index < -0.39 is 12.8 Å². The molecule has 0 aliphatic heterocycles. The van der Waals surface area contributed by atoms with Crippen molar-refractivity contribution in [2.24, 2.45) is 7.05 Å². The minimum absolute atomic E-state index is 0.0680. The second-order valence-electron chi connectivity index (χ2n) is 4.58. The zero-order chi connectivity index (χ0) is 15.6. The molecule has 0 aromatic carbocycles. The number of alkyl halides is 4. The molecule has 0 unspecified atom stereocenters. The fourth-order valence-corrected chi connectivity index (χ4v) is 2.41. The van der Waals surface area contributed by atoms with Crippen LogP contribution in [0.2, 0.25) is 0 Å². The van der Waals surface area contributed by atoms with Crippen molar-refractivity contribution in [2.75, 3.05) is 13.2 Å². The van der Waals surface area contributed by atoms with E-state index in [0.717, 1.165) is 23.3 Å². The Bertz CT molecular complexity index is 620. The smallest absolute Gasteiger partial charge is 0.370 e. The van der Waals surface area contributed by atoms with Gasteiger partial charge in [-0.25, -0.2) is 4.98 Å². The molecule has 9 heteroatoms. The Morgan fingerprint density at radius 1 is 1.33 bits per heavy atom. The number of hydrogen-bond acceptors (Lipinski definition) is 3. The standard InChI is InChI=1S/C12H16ClF3N4O/c1-3-8-10-11(19(2)18-8)20(9(6-13)17-10)4-5-21-7-12(14,15)16/h3-7H2,1-2H3. The van der Waals surface area contributed by atoms with Crippen LogP contribution in [0.5, 0.6) is 0 Å². The molecule has 0 aliphatic carbocycles. The highest BCUT2D eigenvalue weighted by Crippen LogP contribution is 2.21. The minimum atomic E-state index is -4.32. The van der Waals surface area contributed by atoms with E-state index in [9.17, 15) is 13.2 Å². The van der Waals surface area contributed by atoms with Gasteiger partial charge in [0.25, 0.3) is 0 Å². The Balaban J connectivity index is 2.20. The summed E-state index contributed by atoms with van der Waals surface area (Å²) in [6.07, 6.45) is -3.60. The van der Waals surface area contributed by atoms with Crippen molar-refractivity contribution in [3.63, 3.8) is 0 Å². The Kier molecular flexibility index (Phi) is 4.77. The van der Waals surface area contributed by atoms with Crippen molar-refractivity contribution >= 4 is 22.8 Å². The molecule has 0 saturated carbocycles. The second kappa shape index (κ2) is 6.23. The van der Waals surface area contributed by atoms with Gasteiger partial charge >= 0.3 is 6.18 Å². The first-order valence-corrected chi connectivity index (χ1v) is 7.02. The van der Waals surface area contributed by atoms with E-state index in [-0.39, 0.29) is 19.0 Å². The molecule has 2 aromatic heterocycles. The SMILES string of the molecule is CCc1nn(C)c2c1nc(CCl)n2CCOCC(F)(F)F. The molecule has 0 aliphatic rings. The van der Waals surface area contributed by atoms with E-state index in [1.54, 1.807) is 16.3 Å². The van der Waals surface area contributed by atoms with Crippen molar-refractivity contribution < 1.29 is 17.9 Å². The first-order valence-electron chi connectivity index (χ1n) is 6.48. The average molecular weight is 325 g/mol. The number of halogens is 4. The van der Waals surface area contributed by atoms with Crippen molar-refractivity contribution in [3.8, 4) is 0 Å². The number of imidazole rings is 1. The molecule has 0 bridgehead atoms. The summed E-state index contributed by atoms with van der Waals surface area (Å²) in [4.78, 5) is 4.42. The van der Waals surface area contributed by atoms with Gasteiger partial charge in [0.05, 0.1) is 18.2 Å². The largest absolute Gasteiger partial charge is 0.411 e. The van der Waals surface area contributed by atoms with E-state index >= 15 is 0 Å². The summed E-state index contributed by atoms with van der Waals surface area (Å²) in [5.41, 5.74) is 2.33. The Labute approximate surface area is 124 Å². The lowest BCUT2D eigenvalue weighted by atomic mass is 10.3. The van der Waals surface area contributed by atoms with Crippen LogP contribution < -0.4 is 0 Å². The van der Waals surface area contributed by atoms with Gasteiger partial charge in [0.15, 0.2) is 5.65 Å². The number of hydrogen-bond donors (Lipinski definition) is 0. The fraction of sp³-hybridized carbons (Fsp3) is 0.667. The number of ether oxygens (including phenoxy) is 1. The van der Waals surface area contributed by atoms with Gasteiger partial charge in [-0.3, -0.25) is 4.68 Å². The summed E-state index contributed by atoms with van der Waals surface area (Å²) in [7, 11) is 1.77. The summed E-state index contributed by atoms with van der Waals surface area (Å²) >= 11 is 5.86. The first-order chi connectivity index (χ1) is 9.87. The van der Waals surface area contributed by atoms with Gasteiger partial charge in [-0.15, -0.1) is 11.6 Å². The van der Waals surface area contributed by atoms with Crippen LogP contribution in [0.15, 0.2) is 0 Å². The third-order valence-electron chi connectivity index (χ3n) is 3.05. The third kappa shape index (κ3) is 3.49. The van der Waals surface area contributed by atoms with Crippen molar-refractivity contribution in [1.29, 1.82) is 0 Å². The first kappa shape index (κ1) is 16.1. The molecular weight excluding hydrogens is 309 g/mol. The zero-order valence-corrected chi connectivity index (χ0v) is 12.5. The van der Waals surface area contributed by atoms with Crippen molar-refractivity contribution in [1.82, 2.24) is 19.3 Å². The van der Waals surface area contributed by atoms with Gasteiger partial charge in [-0.1, -0.05) is 6.92 Å². The van der Waals surface area contributed by atoms with E-state index in [0.29, 0.717) is 5.82 Å². The summed E-state index contributed by atoms with van der Waals surface area (Å²) in [6.45, 7) is 0.888. The van der Waals surface area contributed by atoms with Crippen molar-refractivity contribution in [3.05, 3.63) is 11.5 Å². The molecule has 2 rings (SSSR count). The third-order valence-corrected chi connectivity index (χ3v) is 3.29. The van der Waals surface area contributed by atoms with Gasteiger partial charge < -0.3 is 9.30 Å². The quantitative estimate of drug-likeness (QED) is 0.606. The molecule has 0 atom stereocenters. The topological polar surface area (TPSA) is 44.9 Å². The monoisotopic (exact) mass is 324 g/mol. The predicted octanol–water partition coefficient (Wildman–Crippen LogP) is 2.65. The highest BCUT2D eigenvalue weighted by atomic mass is 35.5. The Hall–Kier alpha value is -1.28. The molecular formula is C12H16ClF3N4O. The van der Waals surface area contributed by atoms with Crippen LogP contribution >= 0.6 is 11.6 Å². The molecule has 0 amide bonds. The van der Waals surface area contributed by atoms with E-state index in [1.165, 1.54) is 0 Å². The lowest BCUT2D eigenvalue weighted by molar-refractivity contribution is -0.174. The van der Waals surface area contributed by atoms with Crippen LogP contribution in [0.1, 0.15) is 18.4 Å². The predicted molar refractivity (Wildman–Crippen MR) is 72.3 cm³/mol. The summed E-state index contributed by atoms with van der Waals surface area (Å²) in [5, 5.41) is 4.34. The highest BCUT2D eigenvalue weighted by Gasteiger charge is 2.27. The van der Waals surface area contributed by atoms with Gasteiger partial charge in [0.2, 0.25) is 0 Å². The number of nitrogens with zero attached hydrogens (tertiary/aromatic N) is 4. The Morgan fingerprint density at radius 2 is 2.05 bits per heavy atom. The maximum atomic E-state index is 12.1. The molecule has 21 heavy (non-hydrogen) atoms. The molecule has 118 valence electrons. The number of aryl methyl sites for hydroxylation is 2. The van der Waals surface area contributed by atoms with Crippen LogP contribution in [0.4, 0.5) is 13.2 Å². The normalized spacial score (nSPS) is 12.5. The van der Waals surface area contributed by atoms with Crippen LogP contribution in [0, 0.1) is 0 Å². The maximum absolute atomic E-state index is 12.1. The molecule has 2 aromatic rings. The zero-order valence-electron chi connectivity index (χ0n) is 11.7. The maximum Gasteiger partial charge on any atom is 0.411 e. The van der Waals surface area contributed by atoms with Gasteiger partial charge in [0.1, 0.15) is 17.9 Å². The van der Waals surface area contributed by atoms with E-state index in [2.05, 4.69) is 14.8 Å². The molecule has 0 spiro atoms. The summed E-state index contributed by atoms with van der Waals surface area (Å²) in [6, 6.07) is 0. The summed E-state index contributed by atoms with van der Waals surface area (Å²) < 4.78 is 44.2. The summed E-state index contributed by atoms with van der Waals surface area (Å²) in [5.74, 6) is 0.780. The van der Waals surface area contributed by atoms with E-state index in [4.69, 9.17) is 11.6 Å². The Morgan fingerprint density at radius 3 is 2.62 bits per heavy atom.